The van der Waals surface area contributed by atoms with E-state index < -0.39 is 20.2 Å². The molecule has 0 aromatic heterocycles. The van der Waals surface area contributed by atoms with Crippen LogP contribution in [0.4, 0.5) is 0 Å². The predicted octanol–water partition coefficient (Wildman–Crippen LogP) is 2.77. The molecule has 0 fully saturated rings. The number of aliphatic imine (C=N–C) groups is 3. The summed E-state index contributed by atoms with van der Waals surface area (Å²) in [6.07, 6.45) is 8.06. The van der Waals surface area contributed by atoms with E-state index in [9.17, 15) is 15.3 Å². The molecule has 7 heteroatoms. The van der Waals surface area contributed by atoms with Crippen LogP contribution in [0.15, 0.2) is 87.8 Å². The Morgan fingerprint density at radius 2 is 0.800 bits per heavy atom. The van der Waals surface area contributed by atoms with Gasteiger partial charge in [0.25, 0.3) is 0 Å². The van der Waals surface area contributed by atoms with Crippen molar-refractivity contribution in [3.8, 4) is 0 Å². The first-order chi connectivity index (χ1) is 19.6. The molecule has 0 aliphatic rings. The zero-order chi connectivity index (χ0) is 28.7. The molecule has 0 bridgehead atoms. The van der Waals surface area contributed by atoms with E-state index in [0.717, 1.165) is 36.0 Å². The van der Waals surface area contributed by atoms with Crippen molar-refractivity contribution in [1.82, 2.24) is 0 Å². The summed E-state index contributed by atoms with van der Waals surface area (Å²) in [5.74, 6) is 0. The molecular weight excluding hydrogens is 608 g/mol. The van der Waals surface area contributed by atoms with Gasteiger partial charge in [-0.15, -0.1) is 0 Å². The standard InChI is InChI=1S/3C11H14NO.Sb/c3*1-2-11(9-13)12-8-10-6-4-3-5-7-10;/h3*3-6,8,11,13H,2,9H2,1H3;/t3*11-;/m111./s1. The molecule has 6 nitrogen and oxygen atoms in total. The van der Waals surface area contributed by atoms with Crippen molar-refractivity contribution < 1.29 is 15.3 Å². The molecule has 3 aromatic carbocycles. The Balaban J connectivity index is 2.26. The number of aliphatic hydroxyl groups excluding tert-OH is 3. The van der Waals surface area contributed by atoms with Gasteiger partial charge in [0.05, 0.1) is 0 Å². The van der Waals surface area contributed by atoms with E-state index in [0.29, 0.717) is 0 Å². The maximum absolute atomic E-state index is 9.73. The molecule has 212 valence electrons. The van der Waals surface area contributed by atoms with Crippen molar-refractivity contribution >= 4 is 49.4 Å². The molecule has 0 amide bonds. The topological polar surface area (TPSA) is 97.8 Å². The SMILES string of the molecule is CC[C@H](CO)N=Cc1cccc[c]1[Sb]([c]1ccccc1C=N[C@H](CC)CO)[c]1ccccc1C=N[C@H](CC)CO. The maximum atomic E-state index is 9.73. The van der Waals surface area contributed by atoms with Crippen molar-refractivity contribution in [2.75, 3.05) is 19.8 Å². The van der Waals surface area contributed by atoms with Gasteiger partial charge >= 0.3 is 247 Å². The van der Waals surface area contributed by atoms with Crippen LogP contribution in [0.25, 0.3) is 0 Å². The molecule has 0 saturated heterocycles. The van der Waals surface area contributed by atoms with Crippen molar-refractivity contribution in [3.63, 3.8) is 0 Å². The molecule has 0 saturated carbocycles. The van der Waals surface area contributed by atoms with Crippen LogP contribution in [-0.2, 0) is 0 Å². The molecule has 0 spiro atoms. The van der Waals surface area contributed by atoms with Gasteiger partial charge < -0.3 is 0 Å². The van der Waals surface area contributed by atoms with Gasteiger partial charge in [-0.05, 0) is 0 Å². The van der Waals surface area contributed by atoms with Gasteiger partial charge in [0.2, 0.25) is 0 Å². The third-order valence-corrected chi connectivity index (χ3v) is 14.5. The van der Waals surface area contributed by atoms with Gasteiger partial charge in [-0.25, -0.2) is 0 Å². The number of aliphatic hydroxyl groups is 3. The van der Waals surface area contributed by atoms with Crippen LogP contribution in [-0.4, -0.2) is 92.1 Å². The summed E-state index contributed by atoms with van der Waals surface area (Å²) in [6, 6.07) is 24.9. The summed E-state index contributed by atoms with van der Waals surface area (Å²) in [5.41, 5.74) is 3.17. The van der Waals surface area contributed by atoms with Crippen LogP contribution < -0.4 is 10.5 Å². The quantitative estimate of drug-likeness (QED) is 0.175. The van der Waals surface area contributed by atoms with E-state index in [1.54, 1.807) is 0 Å². The molecule has 3 atom stereocenters. The summed E-state index contributed by atoms with van der Waals surface area (Å²) in [4.78, 5) is 14.1. The zero-order valence-corrected chi connectivity index (χ0v) is 26.3. The first-order valence-corrected chi connectivity index (χ1v) is 17.9. The van der Waals surface area contributed by atoms with Gasteiger partial charge in [-0.3, -0.25) is 0 Å². The average molecular weight is 650 g/mol. The first kappa shape index (κ1) is 31.9. The molecular formula is C33H42N3O3Sb. The molecule has 3 aromatic rings. The van der Waals surface area contributed by atoms with Gasteiger partial charge in [-0.2, -0.15) is 0 Å². The fourth-order valence-corrected chi connectivity index (χ4v) is 11.8. The van der Waals surface area contributed by atoms with Crippen molar-refractivity contribution in [2.24, 2.45) is 15.0 Å². The summed E-state index contributed by atoms with van der Waals surface area (Å²) in [5, 5.41) is 29.2. The van der Waals surface area contributed by atoms with E-state index in [-0.39, 0.29) is 37.9 Å². The minimum absolute atomic E-state index is 0.0190. The molecule has 3 rings (SSSR count). The molecule has 0 unspecified atom stereocenters. The van der Waals surface area contributed by atoms with Crippen molar-refractivity contribution in [1.29, 1.82) is 0 Å². The van der Waals surface area contributed by atoms with Gasteiger partial charge in [0.1, 0.15) is 0 Å². The normalized spacial score (nSPS) is 14.5. The summed E-state index contributed by atoms with van der Waals surface area (Å²) in [7, 11) is 0. The van der Waals surface area contributed by atoms with Crippen molar-refractivity contribution in [3.05, 3.63) is 89.5 Å². The molecule has 3 N–H and O–H groups in total. The molecule has 0 aliphatic carbocycles. The number of rotatable bonds is 15. The monoisotopic (exact) mass is 649 g/mol. The Bertz CT molecular complexity index is 1110. The van der Waals surface area contributed by atoms with E-state index in [2.05, 4.69) is 54.6 Å². The average Bonchev–Trinajstić information content (AvgIpc) is 3.00. The second kappa shape index (κ2) is 17.2. The number of nitrogens with zero attached hydrogens (tertiary/aromatic N) is 3. The zero-order valence-electron chi connectivity index (χ0n) is 23.8. The Morgan fingerprint density at radius 1 is 0.525 bits per heavy atom. The summed E-state index contributed by atoms with van der Waals surface area (Å²) >= 11 is -2.76. The molecule has 0 aliphatic heterocycles. The number of benzene rings is 3. The van der Waals surface area contributed by atoms with Gasteiger partial charge in [0, 0.05) is 0 Å². The molecule has 40 heavy (non-hydrogen) atoms. The predicted molar refractivity (Wildman–Crippen MR) is 170 cm³/mol. The second-order valence-corrected chi connectivity index (χ2v) is 15.6. The third-order valence-electron chi connectivity index (χ3n) is 6.85. The minimum atomic E-state index is -2.76. The first-order valence-electron chi connectivity index (χ1n) is 14.1. The van der Waals surface area contributed by atoms with Crippen LogP contribution in [0.3, 0.4) is 0 Å². The Labute approximate surface area is 246 Å². The Hall–Kier alpha value is -2.63. The van der Waals surface area contributed by atoms with E-state index in [1.807, 2.05) is 57.6 Å². The van der Waals surface area contributed by atoms with E-state index >= 15 is 0 Å². The third kappa shape index (κ3) is 8.68. The fourth-order valence-electron chi connectivity index (χ4n) is 4.19. The summed E-state index contributed by atoms with van der Waals surface area (Å²) < 4.78 is 3.77. The number of hydrogen-bond donors (Lipinski definition) is 3. The van der Waals surface area contributed by atoms with Crippen molar-refractivity contribution in [2.45, 2.75) is 58.2 Å². The van der Waals surface area contributed by atoms with Crippen LogP contribution in [0.2, 0.25) is 0 Å². The Morgan fingerprint density at radius 3 is 1.05 bits per heavy atom. The van der Waals surface area contributed by atoms with Gasteiger partial charge in [-0.1, -0.05) is 0 Å². The van der Waals surface area contributed by atoms with Crippen LogP contribution in [0.1, 0.15) is 56.7 Å². The van der Waals surface area contributed by atoms with Crippen LogP contribution >= 0.6 is 0 Å². The Kier molecular flexibility index (Phi) is 13.7. The molecule has 0 heterocycles. The van der Waals surface area contributed by atoms with Crippen LogP contribution in [0.5, 0.6) is 0 Å². The fraction of sp³-hybridized carbons (Fsp3) is 0.364. The van der Waals surface area contributed by atoms with E-state index in [1.165, 1.54) is 10.5 Å². The summed E-state index contributed by atoms with van der Waals surface area (Å²) in [6.45, 7) is 6.15. The van der Waals surface area contributed by atoms with Gasteiger partial charge in [0.15, 0.2) is 0 Å². The van der Waals surface area contributed by atoms with Crippen LogP contribution in [0, 0.1) is 0 Å². The molecule has 0 radical (unpaired) electrons. The van der Waals surface area contributed by atoms with E-state index in [4.69, 9.17) is 15.0 Å². The number of hydrogen-bond acceptors (Lipinski definition) is 6. The second-order valence-electron chi connectivity index (χ2n) is 9.58.